The predicted octanol–water partition coefficient (Wildman–Crippen LogP) is 6.87. The quantitative estimate of drug-likeness (QED) is 0.237. The number of carbonyl (C=O) groups excluding carboxylic acids is 1. The number of hydrogen-bond acceptors (Lipinski definition) is 3. The Kier molecular flexibility index (Phi) is 5.44. The molecule has 35 heavy (non-hydrogen) atoms. The van der Waals surface area contributed by atoms with Gasteiger partial charge in [-0.25, -0.2) is 4.79 Å². The molecule has 0 spiro atoms. The van der Waals surface area contributed by atoms with Gasteiger partial charge in [0.1, 0.15) is 12.2 Å². The summed E-state index contributed by atoms with van der Waals surface area (Å²) in [5.74, 6) is 6.37. The molecule has 4 nitrogen and oxygen atoms in total. The van der Waals surface area contributed by atoms with Crippen molar-refractivity contribution in [1.82, 2.24) is 5.32 Å². The highest BCUT2D eigenvalue weighted by Crippen LogP contribution is 2.44. The average molecular weight is 458 g/mol. The summed E-state index contributed by atoms with van der Waals surface area (Å²) in [6.45, 7) is 0.722. The van der Waals surface area contributed by atoms with E-state index in [9.17, 15) is 4.79 Å². The maximum Gasteiger partial charge on any atom is 0.407 e. The molecular formula is C31H23NO3. The number of ether oxygens (including phenoxy) is 1. The van der Waals surface area contributed by atoms with Crippen LogP contribution >= 0.6 is 0 Å². The van der Waals surface area contributed by atoms with Crippen molar-refractivity contribution in [3.8, 4) is 23.0 Å². The second kappa shape index (κ2) is 9.04. The molecule has 4 aromatic carbocycles. The average Bonchev–Trinajstić information content (AvgIpc) is 3.44. The van der Waals surface area contributed by atoms with Crippen LogP contribution in [0.5, 0.6) is 0 Å². The molecule has 0 aliphatic heterocycles. The Bertz CT molecular complexity index is 1570. The van der Waals surface area contributed by atoms with Crippen LogP contribution in [0.15, 0.2) is 95.4 Å². The first kappa shape index (κ1) is 21.1. The SMILES string of the molecule is O=C(NCCC#Cc1cccc2c1oc1ccccc12)OCC1c2ccccc2-c2ccccc21. The number of carbonyl (C=O) groups is 1. The van der Waals surface area contributed by atoms with E-state index in [2.05, 4.69) is 47.5 Å². The number of alkyl carbamates (subject to hydrolysis) is 1. The molecule has 1 N–H and O–H groups in total. The molecule has 0 saturated carbocycles. The van der Waals surface area contributed by atoms with Crippen molar-refractivity contribution < 1.29 is 13.9 Å². The van der Waals surface area contributed by atoms with Crippen molar-refractivity contribution in [3.05, 3.63) is 108 Å². The number of fused-ring (bicyclic) bond motifs is 6. The third-order valence-corrected chi connectivity index (χ3v) is 6.49. The molecule has 0 saturated heterocycles. The van der Waals surface area contributed by atoms with Crippen LogP contribution in [-0.4, -0.2) is 19.2 Å². The Hall–Kier alpha value is -4.49. The Morgan fingerprint density at radius 1 is 0.829 bits per heavy atom. The molecular weight excluding hydrogens is 434 g/mol. The van der Waals surface area contributed by atoms with Gasteiger partial charge in [-0.1, -0.05) is 90.7 Å². The number of nitrogens with one attached hydrogen (secondary N) is 1. The van der Waals surface area contributed by atoms with Gasteiger partial charge in [-0.3, -0.25) is 0 Å². The van der Waals surface area contributed by atoms with Crippen molar-refractivity contribution >= 4 is 28.0 Å². The van der Waals surface area contributed by atoms with E-state index in [4.69, 9.17) is 9.15 Å². The lowest BCUT2D eigenvalue weighted by Crippen LogP contribution is -2.26. The second-order valence-electron chi connectivity index (χ2n) is 8.58. The van der Waals surface area contributed by atoms with Gasteiger partial charge in [0.05, 0.1) is 5.56 Å². The third kappa shape index (κ3) is 3.92. The highest BCUT2D eigenvalue weighted by atomic mass is 16.5. The van der Waals surface area contributed by atoms with Crippen molar-refractivity contribution in [1.29, 1.82) is 0 Å². The molecule has 6 rings (SSSR count). The molecule has 1 heterocycles. The lowest BCUT2D eigenvalue weighted by atomic mass is 9.98. The minimum Gasteiger partial charge on any atom is -0.455 e. The highest BCUT2D eigenvalue weighted by molar-refractivity contribution is 6.06. The predicted molar refractivity (Wildman–Crippen MR) is 138 cm³/mol. The molecule has 0 radical (unpaired) electrons. The van der Waals surface area contributed by atoms with Gasteiger partial charge in [-0.15, -0.1) is 0 Å². The lowest BCUT2D eigenvalue weighted by molar-refractivity contribution is 0.143. The number of amides is 1. The van der Waals surface area contributed by atoms with Crippen LogP contribution in [0.4, 0.5) is 4.79 Å². The summed E-state index contributed by atoms with van der Waals surface area (Å²) in [6.07, 6.45) is 0.0916. The van der Waals surface area contributed by atoms with E-state index >= 15 is 0 Å². The standard InChI is InChI=1S/C31H23NO3/c33-31(34-20-28-24-14-3-1-12-22(24)23-13-2-4-15-25(23)28)32-19-8-7-10-21-11-9-17-27-26-16-5-6-18-29(26)35-30(21)27/h1-6,9,11-18,28H,8,19-20H2,(H,32,33). The van der Waals surface area contributed by atoms with Crippen LogP contribution in [0.3, 0.4) is 0 Å². The Labute approximate surface area is 203 Å². The first-order valence-electron chi connectivity index (χ1n) is 11.8. The molecule has 1 aromatic heterocycles. The normalized spacial score (nSPS) is 12.1. The van der Waals surface area contributed by atoms with E-state index in [1.165, 1.54) is 22.3 Å². The monoisotopic (exact) mass is 457 g/mol. The number of furan rings is 1. The molecule has 4 heteroatoms. The van der Waals surface area contributed by atoms with Gasteiger partial charge in [-0.05, 0) is 34.4 Å². The maximum atomic E-state index is 12.3. The minimum absolute atomic E-state index is 0.0530. The minimum atomic E-state index is -0.423. The molecule has 0 fully saturated rings. The van der Waals surface area contributed by atoms with Crippen LogP contribution in [0.25, 0.3) is 33.1 Å². The van der Waals surface area contributed by atoms with E-state index in [0.717, 1.165) is 27.5 Å². The maximum absolute atomic E-state index is 12.3. The van der Waals surface area contributed by atoms with Crippen molar-refractivity contribution in [3.63, 3.8) is 0 Å². The summed E-state index contributed by atoms with van der Waals surface area (Å²) in [4.78, 5) is 12.3. The van der Waals surface area contributed by atoms with Crippen LogP contribution in [-0.2, 0) is 4.74 Å². The number of hydrogen-bond donors (Lipinski definition) is 1. The van der Waals surface area contributed by atoms with Gasteiger partial charge in [0.2, 0.25) is 0 Å². The van der Waals surface area contributed by atoms with E-state index in [-0.39, 0.29) is 5.92 Å². The van der Waals surface area contributed by atoms with E-state index in [1.807, 2.05) is 60.7 Å². The summed E-state index contributed by atoms with van der Waals surface area (Å²) in [6, 6.07) is 30.6. The summed E-state index contributed by atoms with van der Waals surface area (Å²) in [5, 5.41) is 4.96. The van der Waals surface area contributed by atoms with Crippen molar-refractivity contribution in [2.75, 3.05) is 13.2 Å². The molecule has 170 valence electrons. The fourth-order valence-corrected chi connectivity index (χ4v) is 4.88. The first-order chi connectivity index (χ1) is 17.3. The number of para-hydroxylation sites is 2. The summed E-state index contributed by atoms with van der Waals surface area (Å²) in [7, 11) is 0. The smallest absolute Gasteiger partial charge is 0.407 e. The van der Waals surface area contributed by atoms with Gasteiger partial charge < -0.3 is 14.5 Å². The first-order valence-corrected chi connectivity index (χ1v) is 11.8. The fraction of sp³-hybridized carbons (Fsp3) is 0.129. The van der Waals surface area contributed by atoms with Crippen LogP contribution in [0, 0.1) is 11.8 Å². The summed E-state index contributed by atoms with van der Waals surface area (Å²) in [5.41, 5.74) is 7.33. The number of rotatable bonds is 4. The number of benzene rings is 4. The van der Waals surface area contributed by atoms with Crippen LogP contribution < -0.4 is 5.32 Å². The molecule has 1 aliphatic rings. The Morgan fingerprint density at radius 2 is 1.51 bits per heavy atom. The van der Waals surface area contributed by atoms with Gasteiger partial charge in [0.25, 0.3) is 0 Å². The highest BCUT2D eigenvalue weighted by Gasteiger charge is 2.28. The van der Waals surface area contributed by atoms with Gasteiger partial charge in [-0.2, -0.15) is 0 Å². The summed E-state index contributed by atoms with van der Waals surface area (Å²) < 4.78 is 11.6. The van der Waals surface area contributed by atoms with E-state index in [1.54, 1.807) is 0 Å². The zero-order valence-corrected chi connectivity index (χ0v) is 19.1. The van der Waals surface area contributed by atoms with E-state index < -0.39 is 6.09 Å². The topological polar surface area (TPSA) is 51.5 Å². The molecule has 0 atom stereocenters. The summed E-state index contributed by atoms with van der Waals surface area (Å²) >= 11 is 0. The lowest BCUT2D eigenvalue weighted by Gasteiger charge is -2.14. The van der Waals surface area contributed by atoms with Crippen LogP contribution in [0.1, 0.15) is 29.0 Å². The third-order valence-electron chi connectivity index (χ3n) is 6.49. The fourth-order valence-electron chi connectivity index (χ4n) is 4.88. The van der Waals surface area contributed by atoms with Gasteiger partial charge in [0, 0.05) is 29.7 Å². The second-order valence-corrected chi connectivity index (χ2v) is 8.58. The van der Waals surface area contributed by atoms with E-state index in [0.29, 0.717) is 19.6 Å². The van der Waals surface area contributed by atoms with Gasteiger partial charge >= 0.3 is 6.09 Å². The zero-order valence-electron chi connectivity index (χ0n) is 19.1. The largest absolute Gasteiger partial charge is 0.455 e. The van der Waals surface area contributed by atoms with Gasteiger partial charge in [0.15, 0.2) is 5.58 Å². The Balaban J connectivity index is 1.06. The zero-order chi connectivity index (χ0) is 23.6. The van der Waals surface area contributed by atoms with Crippen molar-refractivity contribution in [2.24, 2.45) is 0 Å². The molecule has 0 bridgehead atoms. The Morgan fingerprint density at radius 3 is 2.31 bits per heavy atom. The molecule has 1 amide bonds. The molecule has 0 unspecified atom stereocenters. The molecule has 5 aromatic rings. The van der Waals surface area contributed by atoms with Crippen LogP contribution in [0.2, 0.25) is 0 Å². The van der Waals surface area contributed by atoms with Crippen molar-refractivity contribution in [2.45, 2.75) is 12.3 Å². The molecule has 1 aliphatic carbocycles.